The molecule has 1 N–H and O–H groups in total. The van der Waals surface area contributed by atoms with Gasteiger partial charge in [-0.3, -0.25) is 19.6 Å². The van der Waals surface area contributed by atoms with E-state index in [-0.39, 0.29) is 17.9 Å². The van der Waals surface area contributed by atoms with Crippen molar-refractivity contribution < 1.29 is 9.59 Å². The fourth-order valence-corrected chi connectivity index (χ4v) is 4.40. The minimum atomic E-state index is -0.569. The molecule has 33 heavy (non-hydrogen) atoms. The van der Waals surface area contributed by atoms with Crippen molar-refractivity contribution >= 4 is 11.8 Å². The molecule has 7 heteroatoms. The van der Waals surface area contributed by atoms with Gasteiger partial charge in [0, 0.05) is 43.9 Å². The van der Waals surface area contributed by atoms with Gasteiger partial charge in [-0.1, -0.05) is 24.3 Å². The molecule has 7 nitrogen and oxygen atoms in total. The average molecular weight is 444 g/mol. The maximum atomic E-state index is 13.4. The molecule has 0 aliphatic carbocycles. The summed E-state index contributed by atoms with van der Waals surface area (Å²) in [5, 5.41) is 3.12. The van der Waals surface area contributed by atoms with Gasteiger partial charge in [0.15, 0.2) is 0 Å². The Labute approximate surface area is 194 Å². The second-order valence-corrected chi connectivity index (χ2v) is 8.90. The highest BCUT2D eigenvalue weighted by Gasteiger charge is 2.42. The zero-order valence-electron chi connectivity index (χ0n) is 19.1. The van der Waals surface area contributed by atoms with Gasteiger partial charge in [-0.05, 0) is 61.9 Å². The van der Waals surface area contributed by atoms with Crippen LogP contribution in [-0.2, 0) is 11.2 Å². The summed E-state index contributed by atoms with van der Waals surface area (Å²) in [4.78, 5) is 40.2. The Morgan fingerprint density at radius 2 is 1.76 bits per heavy atom. The molecule has 0 unspecified atom stereocenters. The zero-order valence-corrected chi connectivity index (χ0v) is 19.1. The van der Waals surface area contributed by atoms with Gasteiger partial charge in [0.1, 0.15) is 5.69 Å². The highest BCUT2D eigenvalue weighted by molar-refractivity contribution is 5.92. The van der Waals surface area contributed by atoms with Gasteiger partial charge in [-0.25, -0.2) is 4.98 Å². The van der Waals surface area contributed by atoms with Crippen LogP contribution in [-0.4, -0.2) is 50.8 Å². The Morgan fingerprint density at radius 3 is 2.42 bits per heavy atom. The summed E-state index contributed by atoms with van der Waals surface area (Å²) >= 11 is 0. The minimum Gasteiger partial charge on any atom is -0.353 e. The Morgan fingerprint density at radius 1 is 1.00 bits per heavy atom. The van der Waals surface area contributed by atoms with Crippen molar-refractivity contribution in [3.8, 4) is 11.1 Å². The van der Waals surface area contributed by atoms with Gasteiger partial charge in [0.25, 0.3) is 5.91 Å². The molecule has 1 saturated heterocycles. The quantitative estimate of drug-likeness (QED) is 0.630. The summed E-state index contributed by atoms with van der Waals surface area (Å²) in [6.07, 6.45) is 9.93. The number of carbonyl (C=O) groups excluding carboxylic acids is 2. The monoisotopic (exact) mass is 443 g/mol. The lowest BCUT2D eigenvalue weighted by molar-refractivity contribution is -0.134. The van der Waals surface area contributed by atoms with E-state index in [1.165, 1.54) is 12.4 Å². The van der Waals surface area contributed by atoms with Crippen LogP contribution in [0.2, 0.25) is 0 Å². The molecule has 1 aliphatic rings. The van der Waals surface area contributed by atoms with Crippen molar-refractivity contribution in [1.29, 1.82) is 0 Å². The summed E-state index contributed by atoms with van der Waals surface area (Å²) < 4.78 is 0. The lowest BCUT2D eigenvalue weighted by Gasteiger charge is -2.41. The molecule has 3 heterocycles. The molecular weight excluding hydrogens is 414 g/mol. The highest BCUT2D eigenvalue weighted by Crippen LogP contribution is 2.37. The summed E-state index contributed by atoms with van der Waals surface area (Å²) in [7, 11) is 0. The van der Waals surface area contributed by atoms with Crippen molar-refractivity contribution in [3.05, 3.63) is 78.6 Å². The molecule has 3 aromatic rings. The largest absolute Gasteiger partial charge is 0.353 e. The van der Waals surface area contributed by atoms with E-state index < -0.39 is 5.41 Å². The lowest BCUT2D eigenvalue weighted by Crippen LogP contribution is -2.52. The van der Waals surface area contributed by atoms with E-state index in [4.69, 9.17) is 0 Å². The maximum absolute atomic E-state index is 13.4. The van der Waals surface area contributed by atoms with Crippen molar-refractivity contribution in [3.63, 3.8) is 0 Å². The molecule has 0 atom stereocenters. The molecule has 2 amide bonds. The van der Waals surface area contributed by atoms with E-state index in [1.54, 1.807) is 23.5 Å². The highest BCUT2D eigenvalue weighted by atomic mass is 16.2. The number of aromatic nitrogens is 3. The number of nitrogens with zero attached hydrogens (tertiary/aromatic N) is 4. The predicted molar refractivity (Wildman–Crippen MR) is 126 cm³/mol. The zero-order chi connectivity index (χ0) is 23.3. The number of piperidine rings is 1. The lowest BCUT2D eigenvalue weighted by atomic mass is 9.72. The maximum Gasteiger partial charge on any atom is 0.274 e. The van der Waals surface area contributed by atoms with E-state index in [1.807, 2.05) is 32.0 Å². The van der Waals surface area contributed by atoms with Crippen molar-refractivity contribution in [1.82, 2.24) is 25.2 Å². The first-order valence-electron chi connectivity index (χ1n) is 11.3. The molecule has 1 aliphatic heterocycles. The van der Waals surface area contributed by atoms with Gasteiger partial charge >= 0.3 is 0 Å². The number of hydrogen-bond donors (Lipinski definition) is 1. The van der Waals surface area contributed by atoms with Crippen LogP contribution < -0.4 is 5.32 Å². The standard InChI is InChI=1S/C26H29N5O2/c1-19(2)30-25(33)26(8-14-31(15-9-26)24(32)23-18-28-12-13-29-23)17-20-4-3-5-22(16-20)21-6-10-27-11-7-21/h3-7,10-13,16,18-19H,8-9,14-15,17H2,1-2H3,(H,30,33). The third kappa shape index (κ3) is 5.25. The van der Waals surface area contributed by atoms with E-state index in [2.05, 4.69) is 38.5 Å². The van der Waals surface area contributed by atoms with Gasteiger partial charge in [-0.15, -0.1) is 0 Å². The normalized spacial score (nSPS) is 15.3. The van der Waals surface area contributed by atoms with Gasteiger partial charge in [0.05, 0.1) is 11.6 Å². The van der Waals surface area contributed by atoms with Crippen LogP contribution in [0.15, 0.2) is 67.4 Å². The van der Waals surface area contributed by atoms with E-state index >= 15 is 0 Å². The molecule has 0 spiro atoms. The van der Waals surface area contributed by atoms with E-state index in [0.29, 0.717) is 38.0 Å². The summed E-state index contributed by atoms with van der Waals surface area (Å²) in [5.41, 5.74) is 3.07. The van der Waals surface area contributed by atoms with Crippen molar-refractivity contribution in [2.24, 2.45) is 5.41 Å². The Kier molecular flexibility index (Phi) is 6.77. The van der Waals surface area contributed by atoms with Crippen LogP contribution in [0.5, 0.6) is 0 Å². The third-order valence-corrected chi connectivity index (χ3v) is 6.17. The third-order valence-electron chi connectivity index (χ3n) is 6.17. The average Bonchev–Trinajstić information content (AvgIpc) is 2.85. The Hall–Kier alpha value is -3.61. The van der Waals surface area contributed by atoms with Crippen LogP contribution in [0.25, 0.3) is 11.1 Å². The van der Waals surface area contributed by atoms with Gasteiger partial charge < -0.3 is 10.2 Å². The first-order chi connectivity index (χ1) is 16.0. The molecule has 4 rings (SSSR count). The second-order valence-electron chi connectivity index (χ2n) is 8.90. The van der Waals surface area contributed by atoms with Crippen LogP contribution in [0, 0.1) is 5.41 Å². The molecule has 170 valence electrons. The van der Waals surface area contributed by atoms with Crippen LogP contribution in [0.4, 0.5) is 0 Å². The number of likely N-dealkylation sites (tertiary alicyclic amines) is 1. The summed E-state index contributed by atoms with van der Waals surface area (Å²) in [5.74, 6) is -0.0842. The Bertz CT molecular complexity index is 1090. The number of amides is 2. The molecule has 0 radical (unpaired) electrons. The molecule has 1 fully saturated rings. The number of hydrogen-bond acceptors (Lipinski definition) is 5. The number of carbonyl (C=O) groups is 2. The van der Waals surface area contributed by atoms with Crippen molar-refractivity contribution in [2.75, 3.05) is 13.1 Å². The SMILES string of the molecule is CC(C)NC(=O)C1(Cc2cccc(-c3ccncc3)c2)CCN(C(=O)c2cnccn2)CC1. The topological polar surface area (TPSA) is 88.1 Å². The molecule has 2 aromatic heterocycles. The summed E-state index contributed by atoms with van der Waals surface area (Å²) in [6.45, 7) is 4.96. The number of nitrogens with one attached hydrogen (secondary N) is 1. The fourth-order valence-electron chi connectivity index (χ4n) is 4.40. The molecule has 0 bridgehead atoms. The van der Waals surface area contributed by atoms with E-state index in [9.17, 15) is 9.59 Å². The predicted octanol–water partition coefficient (Wildman–Crippen LogP) is 3.53. The molecular formula is C26H29N5O2. The van der Waals surface area contributed by atoms with E-state index in [0.717, 1.165) is 16.7 Å². The number of benzene rings is 1. The smallest absolute Gasteiger partial charge is 0.274 e. The van der Waals surface area contributed by atoms with Gasteiger partial charge in [-0.2, -0.15) is 0 Å². The van der Waals surface area contributed by atoms with Crippen LogP contribution in [0.1, 0.15) is 42.7 Å². The van der Waals surface area contributed by atoms with Crippen LogP contribution in [0.3, 0.4) is 0 Å². The first kappa shape index (κ1) is 22.6. The first-order valence-corrected chi connectivity index (χ1v) is 11.3. The fraction of sp³-hybridized carbons (Fsp3) is 0.346. The molecule has 0 saturated carbocycles. The summed E-state index contributed by atoms with van der Waals surface area (Å²) in [6, 6.07) is 12.3. The van der Waals surface area contributed by atoms with Crippen molar-refractivity contribution in [2.45, 2.75) is 39.2 Å². The minimum absolute atomic E-state index is 0.0526. The Balaban J connectivity index is 1.55. The number of rotatable bonds is 6. The number of pyridine rings is 1. The van der Waals surface area contributed by atoms with Crippen LogP contribution >= 0.6 is 0 Å². The second kappa shape index (κ2) is 9.90. The van der Waals surface area contributed by atoms with Gasteiger partial charge in [0.2, 0.25) is 5.91 Å². The molecule has 1 aromatic carbocycles.